The maximum absolute atomic E-state index is 12.2. The number of rotatable bonds is 4. The first-order valence-electron chi connectivity index (χ1n) is 7.27. The van der Waals surface area contributed by atoms with Gasteiger partial charge < -0.3 is 10.2 Å². The van der Waals surface area contributed by atoms with Crippen molar-refractivity contribution >= 4 is 16.2 Å². The summed E-state index contributed by atoms with van der Waals surface area (Å²) in [6.07, 6.45) is 1.12. The third-order valence-corrected chi connectivity index (χ3v) is 4.69. The van der Waals surface area contributed by atoms with Gasteiger partial charge in [-0.15, -0.1) is 0 Å². The SMILES string of the molecule is CC(C)(C)c1ccc(S(=O)(=O)N/N=C/c2cccc(O)c2O)cc1. The zero-order valence-corrected chi connectivity index (χ0v) is 14.5. The van der Waals surface area contributed by atoms with Crippen LogP contribution in [0.3, 0.4) is 0 Å². The summed E-state index contributed by atoms with van der Waals surface area (Å²) in [7, 11) is -3.81. The van der Waals surface area contributed by atoms with Gasteiger partial charge in [-0.25, -0.2) is 4.83 Å². The van der Waals surface area contributed by atoms with Crippen molar-refractivity contribution in [1.29, 1.82) is 0 Å². The van der Waals surface area contributed by atoms with Crippen molar-refractivity contribution in [2.24, 2.45) is 5.10 Å². The van der Waals surface area contributed by atoms with E-state index >= 15 is 0 Å². The molecular formula is C17H20N2O4S. The van der Waals surface area contributed by atoms with Crippen molar-refractivity contribution in [2.45, 2.75) is 31.1 Å². The number of hydrazone groups is 1. The lowest BCUT2D eigenvalue weighted by atomic mass is 9.87. The maximum atomic E-state index is 12.2. The van der Waals surface area contributed by atoms with Gasteiger partial charge in [-0.05, 0) is 35.2 Å². The monoisotopic (exact) mass is 348 g/mol. The minimum absolute atomic E-state index is 0.0687. The Morgan fingerprint density at radius 2 is 1.67 bits per heavy atom. The molecule has 0 spiro atoms. The molecule has 3 N–H and O–H groups in total. The fraction of sp³-hybridized carbons (Fsp3) is 0.235. The van der Waals surface area contributed by atoms with Gasteiger partial charge in [0.15, 0.2) is 11.5 Å². The Morgan fingerprint density at radius 1 is 1.04 bits per heavy atom. The normalized spacial score (nSPS) is 12.5. The van der Waals surface area contributed by atoms with Crippen molar-refractivity contribution in [3.05, 3.63) is 53.6 Å². The lowest BCUT2D eigenvalue weighted by Gasteiger charge is -2.19. The average Bonchev–Trinajstić information content (AvgIpc) is 2.51. The first-order chi connectivity index (χ1) is 11.1. The molecular weight excluding hydrogens is 328 g/mol. The number of phenolic OH excluding ortho intramolecular Hbond substituents is 2. The van der Waals surface area contributed by atoms with Crippen LogP contribution in [0.5, 0.6) is 11.5 Å². The fourth-order valence-electron chi connectivity index (χ4n) is 2.00. The number of hydrogen-bond acceptors (Lipinski definition) is 5. The van der Waals surface area contributed by atoms with Crippen LogP contribution in [0.4, 0.5) is 0 Å². The van der Waals surface area contributed by atoms with Crippen LogP contribution >= 0.6 is 0 Å². The molecule has 6 nitrogen and oxygen atoms in total. The molecule has 0 heterocycles. The maximum Gasteiger partial charge on any atom is 0.276 e. The molecule has 0 radical (unpaired) electrons. The molecule has 128 valence electrons. The summed E-state index contributed by atoms with van der Waals surface area (Å²) in [6, 6.07) is 10.9. The number of phenols is 2. The van der Waals surface area contributed by atoms with Crippen molar-refractivity contribution in [2.75, 3.05) is 0 Å². The summed E-state index contributed by atoms with van der Waals surface area (Å²) < 4.78 is 24.4. The molecule has 2 aromatic rings. The summed E-state index contributed by atoms with van der Waals surface area (Å²) in [5, 5.41) is 22.6. The molecule has 0 atom stereocenters. The third-order valence-electron chi connectivity index (χ3n) is 3.45. The Morgan fingerprint density at radius 3 is 2.25 bits per heavy atom. The first kappa shape index (κ1) is 17.8. The number of benzene rings is 2. The molecule has 0 aliphatic carbocycles. The minimum atomic E-state index is -3.81. The van der Waals surface area contributed by atoms with Gasteiger partial charge >= 0.3 is 0 Å². The summed E-state index contributed by atoms with van der Waals surface area (Å²) in [5.74, 6) is -0.672. The second-order valence-corrected chi connectivity index (χ2v) is 8.00. The Bertz CT molecular complexity index is 851. The summed E-state index contributed by atoms with van der Waals surface area (Å²) in [5.41, 5.74) is 1.15. The minimum Gasteiger partial charge on any atom is -0.504 e. The second kappa shape index (κ2) is 6.52. The van der Waals surface area contributed by atoms with Crippen molar-refractivity contribution < 1.29 is 18.6 Å². The van der Waals surface area contributed by atoms with Crippen LogP contribution in [-0.2, 0) is 15.4 Å². The average molecular weight is 348 g/mol. The molecule has 0 saturated heterocycles. The highest BCUT2D eigenvalue weighted by Gasteiger charge is 2.17. The number of aromatic hydroxyl groups is 2. The quantitative estimate of drug-likeness (QED) is 0.449. The molecule has 0 fully saturated rings. The van der Waals surface area contributed by atoms with Crippen molar-refractivity contribution in [1.82, 2.24) is 4.83 Å². The lowest BCUT2D eigenvalue weighted by molar-refractivity contribution is 0.403. The molecule has 7 heteroatoms. The van der Waals surface area contributed by atoms with Crippen LogP contribution in [0.1, 0.15) is 31.9 Å². The molecule has 2 aromatic carbocycles. The molecule has 2 rings (SSSR count). The Balaban J connectivity index is 2.17. The van der Waals surface area contributed by atoms with Crippen molar-refractivity contribution in [3.63, 3.8) is 0 Å². The van der Waals surface area contributed by atoms with Gasteiger partial charge in [0.1, 0.15) is 0 Å². The van der Waals surface area contributed by atoms with Crippen LogP contribution < -0.4 is 4.83 Å². The van der Waals surface area contributed by atoms with E-state index in [2.05, 4.69) is 9.93 Å². The van der Waals surface area contributed by atoms with E-state index in [4.69, 9.17) is 0 Å². The standard InChI is InChI=1S/C17H20N2O4S/c1-17(2,3)13-7-9-14(10-8-13)24(22,23)19-18-11-12-5-4-6-15(20)16(12)21/h4-11,19-21H,1-3H3/b18-11+. The van der Waals surface area contributed by atoms with Gasteiger partial charge in [0.2, 0.25) is 0 Å². The van der Waals surface area contributed by atoms with Gasteiger partial charge in [-0.3, -0.25) is 0 Å². The van der Waals surface area contributed by atoms with E-state index in [0.717, 1.165) is 11.8 Å². The van der Waals surface area contributed by atoms with E-state index in [1.807, 2.05) is 20.8 Å². The van der Waals surface area contributed by atoms with E-state index in [-0.39, 0.29) is 27.4 Å². The Labute approximate surface area is 141 Å². The predicted molar refractivity (Wildman–Crippen MR) is 92.8 cm³/mol. The van der Waals surface area contributed by atoms with Crippen LogP contribution in [0.25, 0.3) is 0 Å². The van der Waals surface area contributed by atoms with Crippen LogP contribution in [-0.4, -0.2) is 24.8 Å². The van der Waals surface area contributed by atoms with E-state index < -0.39 is 10.0 Å². The van der Waals surface area contributed by atoms with Crippen LogP contribution in [0.15, 0.2) is 52.5 Å². The number of nitrogens with one attached hydrogen (secondary N) is 1. The number of para-hydroxylation sites is 1. The zero-order valence-electron chi connectivity index (χ0n) is 13.7. The molecule has 0 saturated carbocycles. The molecule has 0 aliphatic rings. The van der Waals surface area contributed by atoms with Gasteiger partial charge in [-0.1, -0.05) is 39.0 Å². The summed E-state index contributed by atoms with van der Waals surface area (Å²) in [4.78, 5) is 2.17. The van der Waals surface area contributed by atoms with E-state index in [1.165, 1.54) is 30.3 Å². The van der Waals surface area contributed by atoms with Crippen LogP contribution in [0, 0.1) is 0 Å². The molecule has 24 heavy (non-hydrogen) atoms. The first-order valence-corrected chi connectivity index (χ1v) is 8.76. The molecule has 0 aromatic heterocycles. The highest BCUT2D eigenvalue weighted by Crippen LogP contribution is 2.27. The summed E-state index contributed by atoms with van der Waals surface area (Å²) in [6.45, 7) is 6.13. The smallest absolute Gasteiger partial charge is 0.276 e. The lowest BCUT2D eigenvalue weighted by Crippen LogP contribution is -2.19. The molecule has 0 unspecified atom stereocenters. The molecule has 0 bridgehead atoms. The zero-order chi connectivity index (χ0) is 18.0. The number of sulfonamides is 1. The fourth-order valence-corrected chi connectivity index (χ4v) is 2.80. The predicted octanol–water partition coefficient (Wildman–Crippen LogP) is 2.71. The third kappa shape index (κ3) is 4.05. The van der Waals surface area contributed by atoms with Gasteiger partial charge in [-0.2, -0.15) is 13.5 Å². The topological polar surface area (TPSA) is 99.0 Å². The Kier molecular flexibility index (Phi) is 4.84. The second-order valence-electron chi connectivity index (χ2n) is 6.34. The van der Waals surface area contributed by atoms with E-state index in [9.17, 15) is 18.6 Å². The van der Waals surface area contributed by atoms with E-state index in [1.54, 1.807) is 12.1 Å². The number of nitrogens with zero attached hydrogens (tertiary/aromatic N) is 1. The highest BCUT2D eigenvalue weighted by atomic mass is 32.2. The Hall–Kier alpha value is -2.54. The van der Waals surface area contributed by atoms with Crippen molar-refractivity contribution in [3.8, 4) is 11.5 Å². The largest absolute Gasteiger partial charge is 0.504 e. The van der Waals surface area contributed by atoms with Gasteiger partial charge in [0.05, 0.1) is 11.1 Å². The van der Waals surface area contributed by atoms with Crippen LogP contribution in [0.2, 0.25) is 0 Å². The highest BCUT2D eigenvalue weighted by molar-refractivity contribution is 7.89. The van der Waals surface area contributed by atoms with Gasteiger partial charge in [0, 0.05) is 5.56 Å². The number of hydrogen-bond donors (Lipinski definition) is 3. The van der Waals surface area contributed by atoms with Gasteiger partial charge in [0.25, 0.3) is 10.0 Å². The summed E-state index contributed by atoms with van der Waals surface area (Å²) >= 11 is 0. The van der Waals surface area contributed by atoms with E-state index in [0.29, 0.717) is 0 Å². The molecule has 0 aliphatic heterocycles. The molecule has 0 amide bonds.